The molecule has 0 spiro atoms. The van der Waals surface area contributed by atoms with Crippen LogP contribution in [-0.2, 0) is 9.53 Å². The summed E-state index contributed by atoms with van der Waals surface area (Å²) in [5.41, 5.74) is 5.14. The summed E-state index contributed by atoms with van der Waals surface area (Å²) in [5, 5.41) is 21.8. The van der Waals surface area contributed by atoms with Crippen molar-refractivity contribution in [3.05, 3.63) is 0 Å². The first-order valence-electron chi connectivity index (χ1n) is 11.6. The molecule has 0 aliphatic heterocycles. The summed E-state index contributed by atoms with van der Waals surface area (Å²) in [6.45, 7) is 12.2. The number of rotatable bonds is 16. The summed E-state index contributed by atoms with van der Waals surface area (Å²) < 4.78 is 4.98. The first-order chi connectivity index (χ1) is 13.8. The van der Waals surface area contributed by atoms with E-state index in [0.29, 0.717) is 12.5 Å². The second kappa shape index (κ2) is 35.8. The number of aliphatic hydroxyl groups excluding tert-OH is 2. The molecule has 31 heavy (non-hydrogen) atoms. The number of ketones is 1. The van der Waals surface area contributed by atoms with Crippen LogP contribution in [0.4, 0.5) is 0 Å². The van der Waals surface area contributed by atoms with Gasteiger partial charge < -0.3 is 26.0 Å². The van der Waals surface area contributed by atoms with Gasteiger partial charge in [0, 0.05) is 34.5 Å². The van der Waals surface area contributed by atoms with E-state index in [2.05, 4.69) is 26.1 Å². The first kappa shape index (κ1) is 42.3. The number of ether oxygens (including phenoxy) is 1. The zero-order valence-corrected chi connectivity index (χ0v) is 24.9. The van der Waals surface area contributed by atoms with Gasteiger partial charge in [0.2, 0.25) is 0 Å². The number of aliphatic hydroxyl groups is 2. The van der Waals surface area contributed by atoms with Gasteiger partial charge in [0.25, 0.3) is 0 Å². The molecule has 0 aromatic carbocycles. The van der Waals surface area contributed by atoms with Crippen LogP contribution >= 0.6 is 0 Å². The van der Waals surface area contributed by atoms with Crippen LogP contribution in [0, 0.1) is 0 Å². The van der Waals surface area contributed by atoms with Crippen LogP contribution in [0.5, 0.6) is 0 Å². The normalized spacial score (nSPS) is 12.5. The number of hydrogen-bond donors (Lipinski definition) is 4. The molecule has 0 aromatic heterocycles. The minimum atomic E-state index is -0.405. The Morgan fingerprint density at radius 3 is 1.90 bits per heavy atom. The van der Waals surface area contributed by atoms with Crippen LogP contribution in [0.25, 0.3) is 0 Å². The van der Waals surface area contributed by atoms with Crippen molar-refractivity contribution in [3.8, 4) is 0 Å². The Morgan fingerprint density at radius 1 is 1.03 bits per heavy atom. The van der Waals surface area contributed by atoms with E-state index in [0.717, 1.165) is 51.8 Å². The van der Waals surface area contributed by atoms with Crippen molar-refractivity contribution >= 4 is 14.2 Å². The van der Waals surface area contributed by atoms with Crippen molar-refractivity contribution in [1.29, 1.82) is 0 Å². The Labute approximate surface area is 238 Å². The van der Waals surface area contributed by atoms with E-state index in [1.807, 2.05) is 6.92 Å². The van der Waals surface area contributed by atoms with Crippen molar-refractivity contribution in [2.75, 3.05) is 26.8 Å². The van der Waals surface area contributed by atoms with E-state index < -0.39 is 6.10 Å². The van der Waals surface area contributed by atoms with Gasteiger partial charge in [-0.05, 0) is 46.1 Å². The number of hydrogen-bond acceptors (Lipinski definition) is 6. The zero-order chi connectivity index (χ0) is 22.9. The van der Waals surface area contributed by atoms with Crippen LogP contribution < -0.4 is 62.4 Å². The maximum atomic E-state index is 10.5. The molecule has 8 heteroatoms. The third-order valence-electron chi connectivity index (χ3n) is 4.24. The van der Waals surface area contributed by atoms with Crippen LogP contribution in [0.2, 0.25) is 0 Å². The summed E-state index contributed by atoms with van der Waals surface area (Å²) in [6, 6.07) is 0.435. The molecule has 3 unspecified atom stereocenters. The smallest absolute Gasteiger partial charge is 0.393 e. The number of methoxy groups -OCH3 is 1. The van der Waals surface area contributed by atoms with Crippen molar-refractivity contribution < 1.29 is 71.1 Å². The summed E-state index contributed by atoms with van der Waals surface area (Å²) >= 11 is 0. The minimum Gasteiger partial charge on any atom is -0.393 e. The largest absolute Gasteiger partial charge is 1.00 e. The number of unbranched alkanes of at least 4 members (excludes halogenated alkanes) is 3. The molecule has 0 fully saturated rings. The van der Waals surface area contributed by atoms with Gasteiger partial charge in [0.15, 0.2) is 0 Å². The van der Waals surface area contributed by atoms with Crippen molar-refractivity contribution in [2.45, 2.75) is 117 Å². The molecule has 0 aromatic rings. The van der Waals surface area contributed by atoms with Crippen LogP contribution in [0.15, 0.2) is 0 Å². The van der Waals surface area contributed by atoms with Gasteiger partial charge in [-0.15, -0.1) is 0 Å². The first-order valence-corrected chi connectivity index (χ1v) is 11.6. The van der Waals surface area contributed by atoms with Gasteiger partial charge in [-0.2, -0.15) is 0 Å². The van der Waals surface area contributed by atoms with Crippen LogP contribution in [-0.4, -0.2) is 69.5 Å². The maximum absolute atomic E-state index is 10.5. The Hall–Kier alpha value is 1.17. The molecule has 0 aliphatic rings. The Kier molecular flexibility index (Phi) is 48.8. The molecule has 6 nitrogen and oxygen atoms in total. The Bertz CT molecular complexity index is 326. The Balaban J connectivity index is -0.000000117. The fourth-order valence-electron chi connectivity index (χ4n) is 2.61. The molecule has 0 heterocycles. The van der Waals surface area contributed by atoms with Gasteiger partial charge in [-0.1, -0.05) is 52.9 Å². The molecule has 0 amide bonds. The quantitative estimate of drug-likeness (QED) is 0.193. The van der Waals surface area contributed by atoms with E-state index in [4.69, 9.17) is 15.6 Å². The molecule has 0 saturated heterocycles. The fourth-order valence-corrected chi connectivity index (χ4v) is 2.61. The monoisotopic (exact) mass is 470 g/mol. The van der Waals surface area contributed by atoms with Gasteiger partial charge in [-0.3, -0.25) is 4.79 Å². The van der Waals surface area contributed by atoms with Gasteiger partial charge in [0.1, 0.15) is 5.78 Å². The van der Waals surface area contributed by atoms with Crippen molar-refractivity contribution in [2.24, 2.45) is 5.73 Å². The molecule has 0 rings (SSSR count). The standard InChI is InChI=1S/C11H25NO2.C8H16O2.C4H11N.B.K/c1-4-5-6-11(9-10(2)13)12-7-8-14-3;1-3-4-5-8(10)6-7(2)9;1-2-3-4-5;;/h10-13H,4-9H2,1-3H3;8,10H,3-6H2,1-2H3;2-5H2,1H3;;/q;;;;+1. The molecule has 0 saturated carbocycles. The number of nitrogens with two attached hydrogens (primary N) is 1. The molecule has 3 radical (unpaired) electrons. The van der Waals surface area contributed by atoms with Gasteiger partial charge >= 0.3 is 51.4 Å². The fraction of sp³-hybridized carbons (Fsp3) is 0.957. The van der Waals surface area contributed by atoms with Gasteiger partial charge in [0.05, 0.1) is 18.8 Å². The van der Waals surface area contributed by atoms with Gasteiger partial charge in [-0.25, -0.2) is 0 Å². The van der Waals surface area contributed by atoms with Crippen molar-refractivity contribution in [1.82, 2.24) is 5.32 Å². The molecule has 0 bridgehead atoms. The third kappa shape index (κ3) is 45.4. The van der Waals surface area contributed by atoms with E-state index in [9.17, 15) is 9.90 Å². The average molecular weight is 471 g/mol. The van der Waals surface area contributed by atoms with Crippen LogP contribution in [0.3, 0.4) is 0 Å². The average Bonchev–Trinajstić information content (AvgIpc) is 2.65. The second-order valence-electron chi connectivity index (χ2n) is 7.72. The summed E-state index contributed by atoms with van der Waals surface area (Å²) in [6.07, 6.45) is 9.34. The summed E-state index contributed by atoms with van der Waals surface area (Å²) in [4.78, 5) is 10.5. The van der Waals surface area contributed by atoms with Crippen molar-refractivity contribution in [3.63, 3.8) is 0 Å². The number of carbonyl (C=O) groups is 1. The molecular weight excluding hydrogens is 418 g/mol. The molecule has 0 aliphatic carbocycles. The topological polar surface area (TPSA) is 105 Å². The zero-order valence-electron chi connectivity index (χ0n) is 21.8. The maximum Gasteiger partial charge on any atom is 1.00 e. The van der Waals surface area contributed by atoms with Crippen LogP contribution in [0.1, 0.15) is 98.8 Å². The third-order valence-corrected chi connectivity index (χ3v) is 4.24. The predicted molar refractivity (Wildman–Crippen MR) is 130 cm³/mol. The van der Waals surface area contributed by atoms with E-state index in [1.54, 1.807) is 7.11 Å². The van der Waals surface area contributed by atoms with E-state index in [1.165, 1.54) is 32.6 Å². The number of nitrogens with one attached hydrogen (secondary N) is 1. The second-order valence-corrected chi connectivity index (χ2v) is 7.72. The SMILES string of the molecule is CCCCC(CC(C)O)NCCOC.CCCCC(O)CC(C)=O.CCCCN.[B].[K+]. The molecule has 5 N–H and O–H groups in total. The minimum absolute atomic E-state index is 0. The predicted octanol–water partition coefficient (Wildman–Crippen LogP) is 0.437. The molecule has 3 atom stereocenters. The number of Topliss-reactive ketones (excluding diaryl/α,β-unsaturated/α-hetero) is 1. The number of carbonyl (C=O) groups excluding carboxylic acids is 1. The molecular formula is C23H52BKN2O4+. The summed E-state index contributed by atoms with van der Waals surface area (Å²) in [7, 11) is 1.71. The van der Waals surface area contributed by atoms with E-state index >= 15 is 0 Å². The Morgan fingerprint density at radius 2 is 1.55 bits per heavy atom. The summed E-state index contributed by atoms with van der Waals surface area (Å²) in [5.74, 6) is 0.0728. The van der Waals surface area contributed by atoms with E-state index in [-0.39, 0.29) is 71.7 Å². The molecule has 181 valence electrons.